The van der Waals surface area contributed by atoms with Crippen LogP contribution in [0.15, 0.2) is 0 Å². The van der Waals surface area contributed by atoms with E-state index in [2.05, 4.69) is 17.2 Å². The molecule has 6 nitrogen and oxygen atoms in total. The smallest absolute Gasteiger partial charge is 0.267 e. The Kier molecular flexibility index (Phi) is 5.19. The monoisotopic (exact) mass is 298 g/mol. The number of carbonyl (C=O) groups is 1. The van der Waals surface area contributed by atoms with E-state index in [1.165, 1.54) is 11.3 Å². The summed E-state index contributed by atoms with van der Waals surface area (Å²) in [5.74, 6) is 0.272. The highest BCUT2D eigenvalue weighted by Gasteiger charge is 2.26. The molecule has 0 radical (unpaired) electrons. The van der Waals surface area contributed by atoms with E-state index >= 15 is 0 Å². The molecule has 1 aliphatic rings. The van der Waals surface area contributed by atoms with Crippen molar-refractivity contribution < 1.29 is 9.53 Å². The second kappa shape index (κ2) is 6.90. The van der Waals surface area contributed by atoms with Crippen molar-refractivity contribution in [2.45, 2.75) is 32.2 Å². The topological polar surface area (TPSA) is 80.5 Å². The van der Waals surface area contributed by atoms with Crippen molar-refractivity contribution in [3.8, 4) is 0 Å². The predicted molar refractivity (Wildman–Crippen MR) is 81.2 cm³/mol. The minimum atomic E-state index is -0.0450. The number of nitrogens with one attached hydrogen (secondary N) is 1. The lowest BCUT2D eigenvalue weighted by atomic mass is 10.1. The van der Waals surface area contributed by atoms with E-state index in [0.29, 0.717) is 29.0 Å². The second-order valence-corrected chi connectivity index (χ2v) is 5.92. The maximum absolute atomic E-state index is 12.5. The van der Waals surface area contributed by atoms with Crippen LogP contribution in [0, 0.1) is 0 Å². The van der Waals surface area contributed by atoms with E-state index in [9.17, 15) is 4.79 Å². The molecule has 0 aromatic carbocycles. The van der Waals surface area contributed by atoms with E-state index in [-0.39, 0.29) is 11.9 Å². The van der Waals surface area contributed by atoms with Gasteiger partial charge in [0, 0.05) is 32.8 Å². The molecule has 0 bridgehead atoms. The summed E-state index contributed by atoms with van der Waals surface area (Å²) in [6.45, 7) is 4.33. The van der Waals surface area contributed by atoms with Gasteiger partial charge in [-0.3, -0.25) is 4.79 Å². The van der Waals surface area contributed by atoms with Gasteiger partial charge in [0.1, 0.15) is 10.7 Å². The van der Waals surface area contributed by atoms with Gasteiger partial charge < -0.3 is 20.7 Å². The van der Waals surface area contributed by atoms with Gasteiger partial charge in [0.05, 0.1) is 0 Å². The lowest BCUT2D eigenvalue weighted by Gasteiger charge is -2.30. The van der Waals surface area contributed by atoms with Gasteiger partial charge in [-0.2, -0.15) is 0 Å². The maximum atomic E-state index is 12.5. The number of hydrogen-bond acceptors (Lipinski definition) is 6. The summed E-state index contributed by atoms with van der Waals surface area (Å²) in [7, 11) is 1.83. The highest BCUT2D eigenvalue weighted by atomic mass is 32.1. The van der Waals surface area contributed by atoms with Crippen molar-refractivity contribution >= 4 is 28.2 Å². The Bertz CT molecular complexity index is 457. The third kappa shape index (κ3) is 3.40. The minimum Gasteiger partial charge on any atom is -0.382 e. The van der Waals surface area contributed by atoms with Crippen LogP contribution < -0.4 is 11.1 Å². The summed E-state index contributed by atoms with van der Waals surface area (Å²) in [5.41, 5.74) is 5.87. The number of hydrogen-bond donors (Lipinski definition) is 2. The van der Waals surface area contributed by atoms with Gasteiger partial charge in [-0.25, -0.2) is 4.98 Å². The third-order valence-electron chi connectivity index (χ3n) is 3.43. The fourth-order valence-corrected chi connectivity index (χ4v) is 3.08. The number of nitrogen functional groups attached to an aromatic ring is 1. The molecular formula is C13H22N4O2S. The molecule has 0 unspecified atom stereocenters. The van der Waals surface area contributed by atoms with Gasteiger partial charge in [-0.15, -0.1) is 0 Å². The zero-order valence-electron chi connectivity index (χ0n) is 12.0. The molecular weight excluding hydrogens is 276 g/mol. The molecule has 1 amide bonds. The Morgan fingerprint density at radius 3 is 2.90 bits per heavy atom. The molecule has 112 valence electrons. The molecule has 0 spiro atoms. The first-order chi connectivity index (χ1) is 9.63. The number of aromatic nitrogens is 1. The second-order valence-electron chi connectivity index (χ2n) is 4.92. The summed E-state index contributed by atoms with van der Waals surface area (Å²) in [6, 6.07) is 0.227. The van der Waals surface area contributed by atoms with Crippen molar-refractivity contribution in [1.29, 1.82) is 0 Å². The molecule has 7 heteroatoms. The van der Waals surface area contributed by atoms with Gasteiger partial charge in [0.25, 0.3) is 5.91 Å². The van der Waals surface area contributed by atoms with Crippen LogP contribution in [0.2, 0.25) is 0 Å². The zero-order valence-corrected chi connectivity index (χ0v) is 12.8. The summed E-state index contributed by atoms with van der Waals surface area (Å²) >= 11 is 1.33. The van der Waals surface area contributed by atoms with E-state index in [0.717, 1.165) is 25.8 Å². The van der Waals surface area contributed by atoms with Crippen molar-refractivity contribution in [3.63, 3.8) is 0 Å². The number of ether oxygens (including phenoxy) is 1. The Balaban J connectivity index is 2.05. The van der Waals surface area contributed by atoms with Crippen LogP contribution in [0.5, 0.6) is 0 Å². The summed E-state index contributed by atoms with van der Waals surface area (Å²) in [5, 5.41) is 3.88. The third-order valence-corrected chi connectivity index (χ3v) is 4.45. The van der Waals surface area contributed by atoms with Crippen molar-refractivity contribution in [2.75, 3.05) is 37.9 Å². The number of anilines is 2. The van der Waals surface area contributed by atoms with Crippen LogP contribution in [0.1, 0.15) is 35.9 Å². The predicted octanol–water partition coefficient (Wildman–Crippen LogP) is 1.80. The summed E-state index contributed by atoms with van der Waals surface area (Å²) < 4.78 is 5.33. The quantitative estimate of drug-likeness (QED) is 0.866. The van der Waals surface area contributed by atoms with Crippen LogP contribution in [0.25, 0.3) is 0 Å². The Labute approximate surface area is 123 Å². The van der Waals surface area contributed by atoms with Gasteiger partial charge in [0.15, 0.2) is 5.13 Å². The zero-order chi connectivity index (χ0) is 14.5. The van der Waals surface area contributed by atoms with Crippen molar-refractivity contribution in [1.82, 2.24) is 9.88 Å². The van der Waals surface area contributed by atoms with Gasteiger partial charge >= 0.3 is 0 Å². The van der Waals surface area contributed by atoms with Crippen LogP contribution in [0.4, 0.5) is 10.9 Å². The highest BCUT2D eigenvalue weighted by molar-refractivity contribution is 7.18. The van der Waals surface area contributed by atoms with Gasteiger partial charge in [-0.05, 0) is 19.3 Å². The first-order valence-corrected chi connectivity index (χ1v) is 7.80. The van der Waals surface area contributed by atoms with E-state index < -0.39 is 0 Å². The standard InChI is InChI=1S/C13H22N4O2S/c1-3-6-15-13-16-11(14)10(20-13)12(18)17(2)9-4-7-19-8-5-9/h9H,3-8,14H2,1-2H3,(H,15,16). The number of carbonyl (C=O) groups excluding carboxylic acids is 1. The van der Waals surface area contributed by atoms with Crippen LogP contribution >= 0.6 is 11.3 Å². The Hall–Kier alpha value is -1.34. The van der Waals surface area contributed by atoms with E-state index in [1.54, 1.807) is 4.90 Å². The Morgan fingerprint density at radius 2 is 2.25 bits per heavy atom. The highest BCUT2D eigenvalue weighted by Crippen LogP contribution is 2.27. The van der Waals surface area contributed by atoms with E-state index in [4.69, 9.17) is 10.5 Å². The lowest BCUT2D eigenvalue weighted by Crippen LogP contribution is -2.40. The summed E-state index contributed by atoms with van der Waals surface area (Å²) in [4.78, 5) is 19.0. The number of nitrogens with two attached hydrogens (primary N) is 1. The number of rotatable bonds is 5. The summed E-state index contributed by atoms with van der Waals surface area (Å²) in [6.07, 6.45) is 2.76. The van der Waals surface area contributed by atoms with Crippen molar-refractivity contribution in [2.24, 2.45) is 0 Å². The molecule has 1 aliphatic heterocycles. The molecule has 0 aliphatic carbocycles. The SMILES string of the molecule is CCCNc1nc(N)c(C(=O)N(C)C2CCOCC2)s1. The Morgan fingerprint density at radius 1 is 1.55 bits per heavy atom. The largest absolute Gasteiger partial charge is 0.382 e. The fraction of sp³-hybridized carbons (Fsp3) is 0.692. The molecule has 0 saturated carbocycles. The average molecular weight is 298 g/mol. The first kappa shape index (κ1) is 15.1. The van der Waals surface area contributed by atoms with Crippen LogP contribution in [0.3, 0.4) is 0 Å². The van der Waals surface area contributed by atoms with Crippen LogP contribution in [-0.4, -0.2) is 48.6 Å². The molecule has 20 heavy (non-hydrogen) atoms. The molecule has 1 aromatic rings. The van der Waals surface area contributed by atoms with Gasteiger partial charge in [0.2, 0.25) is 0 Å². The molecule has 1 saturated heterocycles. The fourth-order valence-electron chi connectivity index (χ4n) is 2.19. The molecule has 3 N–H and O–H groups in total. The van der Waals surface area contributed by atoms with Crippen molar-refractivity contribution in [3.05, 3.63) is 4.88 Å². The first-order valence-electron chi connectivity index (χ1n) is 6.98. The van der Waals surface area contributed by atoms with E-state index in [1.807, 2.05) is 7.05 Å². The molecule has 1 fully saturated rings. The molecule has 0 atom stereocenters. The van der Waals surface area contributed by atoms with Gasteiger partial charge in [-0.1, -0.05) is 18.3 Å². The normalized spacial score (nSPS) is 16.1. The number of thiazole rings is 1. The lowest BCUT2D eigenvalue weighted by molar-refractivity contribution is 0.0365. The molecule has 2 rings (SSSR count). The minimum absolute atomic E-state index is 0.0450. The maximum Gasteiger partial charge on any atom is 0.267 e. The molecule has 2 heterocycles. The average Bonchev–Trinajstić information content (AvgIpc) is 2.85. The number of nitrogens with zero attached hydrogens (tertiary/aromatic N) is 2. The molecule has 1 aromatic heterocycles. The van der Waals surface area contributed by atoms with Crippen LogP contribution in [-0.2, 0) is 4.74 Å². The number of amides is 1.